The summed E-state index contributed by atoms with van der Waals surface area (Å²) in [5, 5.41) is 5.67. The van der Waals surface area contributed by atoms with E-state index in [1.165, 1.54) is 0 Å². The highest BCUT2D eigenvalue weighted by Crippen LogP contribution is 2.31. The zero-order valence-corrected chi connectivity index (χ0v) is 19.4. The van der Waals surface area contributed by atoms with Gasteiger partial charge < -0.3 is 19.9 Å². The molecule has 3 fully saturated rings. The van der Waals surface area contributed by atoms with E-state index in [1.807, 2.05) is 11.0 Å². The Morgan fingerprint density at radius 1 is 1.03 bits per heavy atom. The number of likely N-dealkylation sites (tertiary alicyclic amines) is 1. The van der Waals surface area contributed by atoms with Crippen LogP contribution in [0.2, 0.25) is 0 Å². The predicted molar refractivity (Wildman–Crippen MR) is 123 cm³/mol. The largest absolute Gasteiger partial charge is 0.490 e. The van der Waals surface area contributed by atoms with Gasteiger partial charge in [-0.2, -0.15) is 0 Å². The fourth-order valence-corrected chi connectivity index (χ4v) is 5.50. The molecule has 1 unspecified atom stereocenters. The van der Waals surface area contributed by atoms with Crippen molar-refractivity contribution < 1.29 is 23.9 Å². The normalized spacial score (nSPS) is 24.2. The molecule has 2 N–H and O–H groups in total. The molecule has 9 nitrogen and oxygen atoms in total. The molecule has 1 aromatic rings. The van der Waals surface area contributed by atoms with Crippen molar-refractivity contribution in [2.45, 2.75) is 63.6 Å². The van der Waals surface area contributed by atoms with Crippen LogP contribution in [0.1, 0.15) is 60.9 Å². The molecule has 1 atom stereocenters. The van der Waals surface area contributed by atoms with Crippen molar-refractivity contribution in [1.29, 1.82) is 0 Å². The first kappa shape index (κ1) is 22.8. The topological polar surface area (TPSA) is 108 Å². The van der Waals surface area contributed by atoms with E-state index in [0.29, 0.717) is 49.7 Å². The van der Waals surface area contributed by atoms with E-state index < -0.39 is 11.9 Å². The van der Waals surface area contributed by atoms with Crippen molar-refractivity contribution >= 4 is 23.6 Å². The summed E-state index contributed by atoms with van der Waals surface area (Å²) in [4.78, 5) is 52.7. The molecule has 34 heavy (non-hydrogen) atoms. The van der Waals surface area contributed by atoms with Crippen molar-refractivity contribution in [1.82, 2.24) is 20.4 Å². The van der Waals surface area contributed by atoms with Gasteiger partial charge in [0.25, 0.3) is 5.91 Å². The van der Waals surface area contributed by atoms with Crippen molar-refractivity contribution in [2.24, 2.45) is 5.92 Å². The average molecular weight is 469 g/mol. The van der Waals surface area contributed by atoms with Crippen LogP contribution in [0.5, 0.6) is 5.75 Å². The summed E-state index contributed by atoms with van der Waals surface area (Å²) >= 11 is 0. The lowest BCUT2D eigenvalue weighted by Gasteiger charge is -2.33. The maximum atomic E-state index is 12.8. The highest BCUT2D eigenvalue weighted by molar-refractivity contribution is 6.05. The fraction of sp³-hybridized carbons (Fsp3) is 0.600. The third-order valence-corrected chi connectivity index (χ3v) is 7.51. The summed E-state index contributed by atoms with van der Waals surface area (Å²) in [6, 6.07) is 4.83. The second-order valence-electron chi connectivity index (χ2n) is 9.81. The number of imide groups is 1. The molecule has 1 aromatic carbocycles. The van der Waals surface area contributed by atoms with Gasteiger partial charge in [-0.15, -0.1) is 0 Å². The summed E-state index contributed by atoms with van der Waals surface area (Å²) in [7, 11) is 0. The standard InChI is InChI=1S/C25H32N4O5/c30-22-4-3-21(24(32)27-22)29-15-17-14-19(1-2-20(17)25(29)33)34-18-7-11-28(12-8-18)23(31)13-16-5-9-26-10-6-16/h1-2,14,16,18,21,26H,3-13,15H2,(H,27,30,32). The number of benzene rings is 1. The molecular formula is C25H32N4O5. The van der Waals surface area contributed by atoms with Crippen molar-refractivity contribution in [3.63, 3.8) is 0 Å². The van der Waals surface area contributed by atoms with E-state index in [0.717, 1.165) is 44.3 Å². The molecule has 4 heterocycles. The number of fused-ring (bicyclic) bond motifs is 1. The number of nitrogens with one attached hydrogen (secondary N) is 2. The van der Waals surface area contributed by atoms with Gasteiger partial charge in [0, 0.05) is 50.9 Å². The molecular weight excluding hydrogens is 436 g/mol. The Balaban J connectivity index is 1.14. The van der Waals surface area contributed by atoms with Crippen LogP contribution >= 0.6 is 0 Å². The number of carbonyl (C=O) groups excluding carboxylic acids is 4. The smallest absolute Gasteiger partial charge is 0.255 e. The molecule has 0 saturated carbocycles. The van der Waals surface area contributed by atoms with Crippen LogP contribution in [0.25, 0.3) is 0 Å². The first-order valence-electron chi connectivity index (χ1n) is 12.4. The molecule has 182 valence electrons. The molecule has 4 aliphatic rings. The summed E-state index contributed by atoms with van der Waals surface area (Å²) in [6.07, 6.45) is 5.00. The van der Waals surface area contributed by atoms with Gasteiger partial charge in [0.05, 0.1) is 0 Å². The maximum Gasteiger partial charge on any atom is 0.255 e. The first-order chi connectivity index (χ1) is 16.5. The fourth-order valence-electron chi connectivity index (χ4n) is 5.50. The molecule has 0 aromatic heterocycles. The minimum Gasteiger partial charge on any atom is -0.490 e. The molecule has 0 aliphatic carbocycles. The average Bonchev–Trinajstić information content (AvgIpc) is 3.15. The molecule has 4 amide bonds. The quantitative estimate of drug-likeness (QED) is 0.629. The Bertz CT molecular complexity index is 982. The lowest BCUT2D eigenvalue weighted by molar-refractivity contribution is -0.137. The van der Waals surface area contributed by atoms with Crippen molar-refractivity contribution in [3.05, 3.63) is 29.3 Å². The van der Waals surface area contributed by atoms with E-state index in [-0.39, 0.29) is 30.2 Å². The molecule has 5 rings (SSSR count). The number of amides is 4. The van der Waals surface area contributed by atoms with E-state index in [4.69, 9.17) is 4.74 Å². The van der Waals surface area contributed by atoms with Gasteiger partial charge in [0.2, 0.25) is 17.7 Å². The minimum absolute atomic E-state index is 0.0318. The number of rotatable bonds is 5. The summed E-state index contributed by atoms with van der Waals surface area (Å²) < 4.78 is 6.21. The van der Waals surface area contributed by atoms with Crippen LogP contribution < -0.4 is 15.4 Å². The number of piperidine rings is 3. The maximum absolute atomic E-state index is 12.8. The van der Waals surface area contributed by atoms with Crippen LogP contribution in [0.15, 0.2) is 18.2 Å². The molecule has 0 radical (unpaired) electrons. The van der Waals surface area contributed by atoms with Crippen LogP contribution in [-0.2, 0) is 20.9 Å². The number of carbonyl (C=O) groups is 4. The van der Waals surface area contributed by atoms with Gasteiger partial charge in [-0.05, 0) is 62.0 Å². The highest BCUT2D eigenvalue weighted by atomic mass is 16.5. The zero-order chi connectivity index (χ0) is 23.7. The Morgan fingerprint density at radius 3 is 2.53 bits per heavy atom. The summed E-state index contributed by atoms with van der Waals surface area (Å²) in [5.41, 5.74) is 1.41. The Hall–Kier alpha value is -2.94. The monoisotopic (exact) mass is 468 g/mol. The van der Waals surface area contributed by atoms with E-state index >= 15 is 0 Å². The summed E-state index contributed by atoms with van der Waals surface area (Å²) in [6.45, 7) is 3.76. The Kier molecular flexibility index (Phi) is 6.54. The van der Waals surface area contributed by atoms with Crippen LogP contribution in [0.4, 0.5) is 0 Å². The lowest BCUT2D eigenvalue weighted by atomic mass is 9.93. The first-order valence-corrected chi connectivity index (χ1v) is 12.4. The lowest BCUT2D eigenvalue weighted by Crippen LogP contribution is -2.52. The second-order valence-corrected chi connectivity index (χ2v) is 9.81. The van der Waals surface area contributed by atoms with Gasteiger partial charge in [-0.25, -0.2) is 0 Å². The second kappa shape index (κ2) is 9.74. The molecule has 0 spiro atoms. The highest BCUT2D eigenvalue weighted by Gasteiger charge is 2.39. The molecule has 3 saturated heterocycles. The number of hydrogen-bond acceptors (Lipinski definition) is 6. The van der Waals surface area contributed by atoms with Crippen molar-refractivity contribution in [2.75, 3.05) is 26.2 Å². The molecule has 4 aliphatic heterocycles. The van der Waals surface area contributed by atoms with Crippen LogP contribution in [0.3, 0.4) is 0 Å². The van der Waals surface area contributed by atoms with E-state index in [9.17, 15) is 19.2 Å². The minimum atomic E-state index is -0.617. The van der Waals surface area contributed by atoms with Gasteiger partial charge in [0.1, 0.15) is 17.9 Å². The van der Waals surface area contributed by atoms with Crippen LogP contribution in [0, 0.1) is 5.92 Å². The van der Waals surface area contributed by atoms with Crippen LogP contribution in [-0.4, -0.2) is 71.8 Å². The van der Waals surface area contributed by atoms with Gasteiger partial charge >= 0.3 is 0 Å². The third kappa shape index (κ3) is 4.80. The number of hydrogen-bond donors (Lipinski definition) is 2. The zero-order valence-electron chi connectivity index (χ0n) is 19.4. The van der Waals surface area contributed by atoms with E-state index in [1.54, 1.807) is 17.0 Å². The summed E-state index contributed by atoms with van der Waals surface area (Å²) in [5.74, 6) is 0.578. The number of ether oxygens (including phenoxy) is 1. The Labute approximate surface area is 199 Å². The predicted octanol–water partition coefficient (Wildman–Crippen LogP) is 1.21. The Morgan fingerprint density at radius 2 is 1.79 bits per heavy atom. The van der Waals surface area contributed by atoms with Crippen molar-refractivity contribution in [3.8, 4) is 5.75 Å². The number of nitrogens with zero attached hydrogens (tertiary/aromatic N) is 2. The SMILES string of the molecule is O=C1CCC(N2Cc3cc(OC4CCN(C(=O)CC5CCNCC5)CC4)ccc3C2=O)C(=O)N1. The van der Waals surface area contributed by atoms with Gasteiger partial charge in [0.15, 0.2) is 0 Å². The molecule has 0 bridgehead atoms. The third-order valence-electron chi connectivity index (χ3n) is 7.51. The van der Waals surface area contributed by atoms with E-state index in [2.05, 4.69) is 10.6 Å². The van der Waals surface area contributed by atoms with Gasteiger partial charge in [-0.3, -0.25) is 24.5 Å². The van der Waals surface area contributed by atoms with Gasteiger partial charge in [-0.1, -0.05) is 0 Å². The molecule has 9 heteroatoms.